The summed E-state index contributed by atoms with van der Waals surface area (Å²) in [7, 11) is 0. The van der Waals surface area contributed by atoms with Crippen LogP contribution in [0, 0.1) is 11.3 Å². The van der Waals surface area contributed by atoms with Gasteiger partial charge in [-0.2, -0.15) is 5.26 Å². The molecule has 10 heteroatoms. The first kappa shape index (κ1) is 26.7. The van der Waals surface area contributed by atoms with Gasteiger partial charge in [-0.1, -0.05) is 17.7 Å². The van der Waals surface area contributed by atoms with Crippen molar-refractivity contribution in [2.45, 2.75) is 45.3 Å². The number of aliphatic hydroxyl groups is 1. The zero-order valence-corrected chi connectivity index (χ0v) is 22.2. The molecule has 1 aromatic heterocycles. The minimum Gasteiger partial charge on any atom is -0.444 e. The number of piperidine rings is 1. The summed E-state index contributed by atoms with van der Waals surface area (Å²) in [6.45, 7) is 8.55. The first-order chi connectivity index (χ1) is 17.6. The number of aromatic nitrogens is 1. The van der Waals surface area contributed by atoms with Gasteiger partial charge in [-0.15, -0.1) is 0 Å². The number of carbonyl (C=O) groups excluding carboxylic acids is 2. The van der Waals surface area contributed by atoms with Gasteiger partial charge in [0.05, 0.1) is 22.3 Å². The minimum absolute atomic E-state index is 0.153. The maximum Gasteiger partial charge on any atom is 0.410 e. The molecular weight excluding hydrogens is 494 g/mol. The number of amides is 2. The Morgan fingerprint density at radius 2 is 1.73 bits per heavy atom. The second-order valence-electron chi connectivity index (χ2n) is 10.4. The number of hydrogen-bond donors (Lipinski definition) is 1. The normalized spacial score (nSPS) is 16.9. The highest BCUT2D eigenvalue weighted by molar-refractivity contribution is 6.34. The highest BCUT2D eigenvalue weighted by Crippen LogP contribution is 2.30. The average molecular weight is 526 g/mol. The second-order valence-corrected chi connectivity index (χ2v) is 10.8. The number of piperazine rings is 1. The largest absolute Gasteiger partial charge is 0.444 e. The molecule has 2 amide bonds. The van der Waals surface area contributed by atoms with Crippen LogP contribution in [0.4, 0.5) is 10.6 Å². The Hall–Kier alpha value is -3.35. The molecule has 0 radical (unpaired) electrons. The van der Waals surface area contributed by atoms with Crippen molar-refractivity contribution in [2.24, 2.45) is 0 Å². The van der Waals surface area contributed by atoms with Gasteiger partial charge in [0.15, 0.2) is 0 Å². The fourth-order valence-corrected chi connectivity index (χ4v) is 4.75. The quantitative estimate of drug-likeness (QED) is 0.646. The molecular formula is C27H32ClN5O4. The molecule has 1 N–H and O–H groups in total. The van der Waals surface area contributed by atoms with Crippen molar-refractivity contribution < 1.29 is 19.4 Å². The van der Waals surface area contributed by atoms with E-state index >= 15 is 0 Å². The predicted octanol–water partition coefficient (Wildman–Crippen LogP) is 3.93. The Labute approximate surface area is 222 Å². The summed E-state index contributed by atoms with van der Waals surface area (Å²) in [6.07, 6.45) is 2.11. The molecule has 2 fully saturated rings. The van der Waals surface area contributed by atoms with Gasteiger partial charge in [-0.3, -0.25) is 4.79 Å². The number of carbonyl (C=O) groups is 2. The van der Waals surface area contributed by atoms with E-state index in [0.29, 0.717) is 74.1 Å². The molecule has 2 aromatic rings. The topological polar surface area (TPSA) is 110 Å². The lowest BCUT2D eigenvalue weighted by Gasteiger charge is -2.36. The zero-order chi connectivity index (χ0) is 26.7. The lowest BCUT2D eigenvalue weighted by molar-refractivity contribution is 0.0240. The van der Waals surface area contributed by atoms with Crippen molar-refractivity contribution in [3.63, 3.8) is 0 Å². The third-order valence-corrected chi connectivity index (χ3v) is 6.82. The number of hydrogen-bond acceptors (Lipinski definition) is 7. The van der Waals surface area contributed by atoms with Crippen molar-refractivity contribution in [3.05, 3.63) is 46.6 Å². The van der Waals surface area contributed by atoms with E-state index in [4.69, 9.17) is 16.3 Å². The van der Waals surface area contributed by atoms with E-state index < -0.39 is 5.60 Å². The molecule has 2 saturated heterocycles. The average Bonchev–Trinajstić information content (AvgIpc) is 2.87. The summed E-state index contributed by atoms with van der Waals surface area (Å²) in [5.41, 5.74) is 1.75. The standard InChI is InChI=1S/C27H32ClN5O4/c1-27(2,3)37-26(36)33-12-10-31(11-13-33)24-19(16-29)14-20(17-30-24)18-4-5-22(23(28)15-18)25(35)32-8-6-21(34)7-9-32/h4-5,14-15,17,21,34H,6-13H2,1-3H3. The van der Waals surface area contributed by atoms with Crippen LogP contribution in [0.3, 0.4) is 0 Å². The van der Waals surface area contributed by atoms with E-state index in [0.717, 1.165) is 11.1 Å². The maximum atomic E-state index is 12.9. The molecule has 2 aliphatic rings. The monoisotopic (exact) mass is 525 g/mol. The molecule has 9 nitrogen and oxygen atoms in total. The van der Waals surface area contributed by atoms with Crippen LogP contribution in [-0.2, 0) is 4.74 Å². The number of anilines is 1. The fraction of sp³-hybridized carbons (Fsp3) is 0.481. The van der Waals surface area contributed by atoms with E-state index in [1.165, 1.54) is 0 Å². The number of nitriles is 1. The Morgan fingerprint density at radius 3 is 2.32 bits per heavy atom. The highest BCUT2D eigenvalue weighted by Gasteiger charge is 2.28. The Morgan fingerprint density at radius 1 is 1.05 bits per heavy atom. The molecule has 2 aliphatic heterocycles. The summed E-state index contributed by atoms with van der Waals surface area (Å²) in [4.78, 5) is 35.2. The molecule has 1 aromatic carbocycles. The van der Waals surface area contributed by atoms with Crippen LogP contribution in [0.25, 0.3) is 11.1 Å². The van der Waals surface area contributed by atoms with Gasteiger partial charge in [-0.05, 0) is 57.4 Å². The van der Waals surface area contributed by atoms with E-state index in [-0.39, 0.29) is 18.1 Å². The molecule has 196 valence electrons. The molecule has 0 saturated carbocycles. The first-order valence-corrected chi connectivity index (χ1v) is 12.8. The fourth-order valence-electron chi connectivity index (χ4n) is 4.48. The van der Waals surface area contributed by atoms with Crippen molar-refractivity contribution in [2.75, 3.05) is 44.2 Å². The lowest BCUT2D eigenvalue weighted by atomic mass is 10.0. The van der Waals surface area contributed by atoms with Crippen LogP contribution in [0.5, 0.6) is 0 Å². The molecule has 4 rings (SSSR count). The van der Waals surface area contributed by atoms with Crippen LogP contribution in [-0.4, -0.2) is 82.9 Å². The molecule has 37 heavy (non-hydrogen) atoms. The van der Waals surface area contributed by atoms with E-state index in [1.807, 2.05) is 25.7 Å². The highest BCUT2D eigenvalue weighted by atomic mass is 35.5. The predicted molar refractivity (Wildman–Crippen MR) is 141 cm³/mol. The lowest BCUT2D eigenvalue weighted by Crippen LogP contribution is -2.50. The van der Waals surface area contributed by atoms with Gasteiger partial charge in [0, 0.05) is 51.0 Å². The number of pyridine rings is 1. The minimum atomic E-state index is -0.551. The van der Waals surface area contributed by atoms with E-state index in [1.54, 1.807) is 40.3 Å². The maximum absolute atomic E-state index is 12.9. The second kappa shape index (κ2) is 11.0. The number of likely N-dealkylation sites (tertiary alicyclic amines) is 1. The summed E-state index contributed by atoms with van der Waals surface area (Å²) in [5, 5.41) is 19.9. The summed E-state index contributed by atoms with van der Waals surface area (Å²) < 4.78 is 5.46. The number of nitrogens with zero attached hydrogens (tertiary/aromatic N) is 5. The SMILES string of the molecule is CC(C)(C)OC(=O)N1CCN(c2ncc(-c3ccc(C(=O)N4CCC(O)CC4)c(Cl)c3)cc2C#N)CC1. The van der Waals surface area contributed by atoms with Crippen molar-refractivity contribution in [3.8, 4) is 17.2 Å². The molecule has 0 atom stereocenters. The Balaban J connectivity index is 1.46. The molecule has 0 bridgehead atoms. The van der Waals surface area contributed by atoms with Crippen LogP contribution >= 0.6 is 11.6 Å². The van der Waals surface area contributed by atoms with Crippen molar-refractivity contribution >= 4 is 29.4 Å². The van der Waals surface area contributed by atoms with Gasteiger partial charge in [0.1, 0.15) is 17.5 Å². The van der Waals surface area contributed by atoms with Crippen LogP contribution in [0.1, 0.15) is 49.5 Å². The third kappa shape index (κ3) is 6.32. The Kier molecular flexibility index (Phi) is 7.90. The van der Waals surface area contributed by atoms with Crippen molar-refractivity contribution in [1.29, 1.82) is 5.26 Å². The number of benzene rings is 1. The van der Waals surface area contributed by atoms with Crippen LogP contribution in [0.2, 0.25) is 5.02 Å². The van der Waals surface area contributed by atoms with Gasteiger partial charge in [0.25, 0.3) is 5.91 Å². The van der Waals surface area contributed by atoms with Crippen LogP contribution < -0.4 is 4.90 Å². The van der Waals surface area contributed by atoms with Crippen LogP contribution in [0.15, 0.2) is 30.5 Å². The van der Waals surface area contributed by atoms with Gasteiger partial charge >= 0.3 is 6.09 Å². The van der Waals surface area contributed by atoms with Gasteiger partial charge in [0.2, 0.25) is 0 Å². The molecule has 0 unspecified atom stereocenters. The number of rotatable bonds is 3. The smallest absolute Gasteiger partial charge is 0.410 e. The summed E-state index contributed by atoms with van der Waals surface area (Å²) in [6, 6.07) is 9.21. The number of halogens is 1. The summed E-state index contributed by atoms with van der Waals surface area (Å²) >= 11 is 6.50. The van der Waals surface area contributed by atoms with Gasteiger partial charge in [-0.25, -0.2) is 9.78 Å². The van der Waals surface area contributed by atoms with E-state index in [2.05, 4.69) is 11.1 Å². The zero-order valence-electron chi connectivity index (χ0n) is 21.4. The van der Waals surface area contributed by atoms with Gasteiger partial charge < -0.3 is 24.5 Å². The summed E-state index contributed by atoms with van der Waals surface area (Å²) in [5.74, 6) is 0.417. The molecule has 3 heterocycles. The molecule has 0 spiro atoms. The molecule has 0 aliphatic carbocycles. The first-order valence-electron chi connectivity index (χ1n) is 12.5. The number of ether oxygens (including phenoxy) is 1. The third-order valence-electron chi connectivity index (χ3n) is 6.50. The van der Waals surface area contributed by atoms with E-state index in [9.17, 15) is 20.0 Å². The van der Waals surface area contributed by atoms with Crippen molar-refractivity contribution in [1.82, 2.24) is 14.8 Å². The Bertz CT molecular complexity index is 1210. The number of aliphatic hydroxyl groups excluding tert-OH is 1.